The molecule has 1 aromatic heterocycles. The zero-order chi connectivity index (χ0) is 9.31. The van der Waals surface area contributed by atoms with E-state index in [0.29, 0.717) is 0 Å². The summed E-state index contributed by atoms with van der Waals surface area (Å²) in [6.45, 7) is 6.36. The van der Waals surface area contributed by atoms with Crippen LogP contribution in [-0.2, 0) is 10.3 Å². The first-order chi connectivity index (χ1) is 6.22. The van der Waals surface area contributed by atoms with Crippen LogP contribution in [0.3, 0.4) is 0 Å². The molecule has 0 amide bonds. The van der Waals surface area contributed by atoms with Crippen LogP contribution in [0, 0.1) is 6.92 Å². The van der Waals surface area contributed by atoms with Gasteiger partial charge >= 0.3 is 0 Å². The highest BCUT2D eigenvalue weighted by atomic mass is 16.5. The molecule has 0 aliphatic carbocycles. The maximum absolute atomic E-state index is 5.69. The van der Waals surface area contributed by atoms with Gasteiger partial charge in [0.1, 0.15) is 5.60 Å². The Morgan fingerprint density at radius 3 is 3.00 bits per heavy atom. The smallest absolute Gasteiger partial charge is 0.181 e. The molecule has 0 spiro atoms. The summed E-state index contributed by atoms with van der Waals surface area (Å²) in [6, 6.07) is 0. The molecule has 0 bridgehead atoms. The van der Waals surface area contributed by atoms with Gasteiger partial charge in [-0.05, 0) is 13.8 Å². The number of morpholine rings is 1. The maximum atomic E-state index is 5.69. The SMILES string of the molecule is Cc1ncoc1C1(C)CNCCO1. The number of rotatable bonds is 1. The van der Waals surface area contributed by atoms with Gasteiger partial charge in [-0.1, -0.05) is 0 Å². The van der Waals surface area contributed by atoms with Crippen molar-refractivity contribution >= 4 is 0 Å². The third-order valence-corrected chi connectivity index (χ3v) is 2.39. The summed E-state index contributed by atoms with van der Waals surface area (Å²) in [7, 11) is 0. The second-order valence-corrected chi connectivity index (χ2v) is 3.52. The molecule has 2 heterocycles. The lowest BCUT2D eigenvalue weighted by Gasteiger charge is -2.32. The number of hydrogen-bond acceptors (Lipinski definition) is 4. The fourth-order valence-corrected chi connectivity index (χ4v) is 1.68. The number of aromatic nitrogens is 1. The number of ether oxygens (including phenoxy) is 1. The molecular weight excluding hydrogens is 168 g/mol. The van der Waals surface area contributed by atoms with E-state index in [1.165, 1.54) is 6.39 Å². The minimum absolute atomic E-state index is 0.348. The van der Waals surface area contributed by atoms with E-state index >= 15 is 0 Å². The summed E-state index contributed by atoms with van der Waals surface area (Å²) in [5, 5.41) is 3.28. The van der Waals surface area contributed by atoms with Crippen LogP contribution < -0.4 is 5.32 Å². The van der Waals surface area contributed by atoms with Crippen molar-refractivity contribution in [2.45, 2.75) is 19.4 Å². The molecule has 1 atom stereocenters. The molecule has 1 saturated heterocycles. The molecule has 13 heavy (non-hydrogen) atoms. The molecule has 72 valence electrons. The predicted octanol–water partition coefficient (Wildman–Crippen LogP) is 0.818. The first kappa shape index (κ1) is 8.72. The van der Waals surface area contributed by atoms with E-state index in [4.69, 9.17) is 9.15 Å². The zero-order valence-corrected chi connectivity index (χ0v) is 7.96. The zero-order valence-electron chi connectivity index (χ0n) is 7.96. The number of hydrogen-bond donors (Lipinski definition) is 1. The molecule has 4 nitrogen and oxygen atoms in total. The fourth-order valence-electron chi connectivity index (χ4n) is 1.68. The Kier molecular flexibility index (Phi) is 2.09. The van der Waals surface area contributed by atoms with Gasteiger partial charge in [0.2, 0.25) is 0 Å². The maximum Gasteiger partial charge on any atom is 0.181 e. The summed E-state index contributed by atoms with van der Waals surface area (Å²) < 4.78 is 11.0. The van der Waals surface area contributed by atoms with Gasteiger partial charge in [-0.15, -0.1) is 0 Å². The first-order valence-electron chi connectivity index (χ1n) is 4.48. The number of nitrogens with one attached hydrogen (secondary N) is 1. The highest BCUT2D eigenvalue weighted by Crippen LogP contribution is 2.28. The van der Waals surface area contributed by atoms with E-state index in [1.54, 1.807) is 0 Å². The van der Waals surface area contributed by atoms with Crippen molar-refractivity contribution in [1.29, 1.82) is 0 Å². The Bertz CT molecular complexity index is 290. The van der Waals surface area contributed by atoms with Crippen LogP contribution >= 0.6 is 0 Å². The van der Waals surface area contributed by atoms with Crippen molar-refractivity contribution in [3.63, 3.8) is 0 Å². The average molecular weight is 182 g/mol. The van der Waals surface area contributed by atoms with Gasteiger partial charge < -0.3 is 14.5 Å². The van der Waals surface area contributed by atoms with Crippen LogP contribution in [0.25, 0.3) is 0 Å². The largest absolute Gasteiger partial charge is 0.445 e. The monoisotopic (exact) mass is 182 g/mol. The quantitative estimate of drug-likeness (QED) is 0.698. The molecule has 1 N–H and O–H groups in total. The van der Waals surface area contributed by atoms with E-state index in [9.17, 15) is 0 Å². The van der Waals surface area contributed by atoms with Gasteiger partial charge in [-0.25, -0.2) is 4.98 Å². The Balaban J connectivity index is 2.27. The first-order valence-corrected chi connectivity index (χ1v) is 4.48. The Morgan fingerprint density at radius 1 is 1.62 bits per heavy atom. The fraction of sp³-hybridized carbons (Fsp3) is 0.667. The van der Waals surface area contributed by atoms with Crippen LogP contribution in [0.1, 0.15) is 18.4 Å². The van der Waals surface area contributed by atoms with E-state index < -0.39 is 0 Å². The van der Waals surface area contributed by atoms with Crippen molar-refractivity contribution in [3.8, 4) is 0 Å². The molecule has 1 unspecified atom stereocenters. The molecule has 1 aliphatic heterocycles. The third kappa shape index (κ3) is 1.47. The molecule has 1 aliphatic rings. The summed E-state index contributed by atoms with van der Waals surface area (Å²) in [5.74, 6) is 0.833. The molecule has 0 radical (unpaired) electrons. The summed E-state index contributed by atoms with van der Waals surface area (Å²) in [4.78, 5) is 4.06. The minimum atomic E-state index is -0.348. The van der Waals surface area contributed by atoms with Gasteiger partial charge in [0, 0.05) is 13.1 Å². The van der Waals surface area contributed by atoms with Crippen LogP contribution in [0.15, 0.2) is 10.8 Å². The number of aryl methyl sites for hydroxylation is 1. The van der Waals surface area contributed by atoms with Gasteiger partial charge in [0.05, 0.1) is 12.3 Å². The van der Waals surface area contributed by atoms with Crippen molar-refractivity contribution < 1.29 is 9.15 Å². The normalized spacial score (nSPS) is 29.1. The van der Waals surface area contributed by atoms with Gasteiger partial charge in [-0.3, -0.25) is 0 Å². The summed E-state index contributed by atoms with van der Waals surface area (Å²) in [5.41, 5.74) is 0.560. The second kappa shape index (κ2) is 3.12. The number of oxazole rings is 1. The lowest BCUT2D eigenvalue weighted by Crippen LogP contribution is -2.45. The topological polar surface area (TPSA) is 47.3 Å². The van der Waals surface area contributed by atoms with E-state index in [1.807, 2.05) is 13.8 Å². The average Bonchev–Trinajstić information content (AvgIpc) is 2.53. The van der Waals surface area contributed by atoms with Crippen molar-refractivity contribution in [3.05, 3.63) is 17.8 Å². The predicted molar refractivity (Wildman–Crippen MR) is 47.4 cm³/mol. The Hall–Kier alpha value is -0.870. The van der Waals surface area contributed by atoms with Crippen molar-refractivity contribution in [1.82, 2.24) is 10.3 Å². The van der Waals surface area contributed by atoms with Crippen LogP contribution in [0.5, 0.6) is 0 Å². The highest BCUT2D eigenvalue weighted by molar-refractivity contribution is 5.14. The summed E-state index contributed by atoms with van der Waals surface area (Å²) in [6.07, 6.45) is 1.47. The van der Waals surface area contributed by atoms with Crippen LogP contribution in [0.4, 0.5) is 0 Å². The Labute approximate surface area is 77.3 Å². The second-order valence-electron chi connectivity index (χ2n) is 3.52. The molecular formula is C9H14N2O2. The lowest BCUT2D eigenvalue weighted by molar-refractivity contribution is -0.0710. The lowest BCUT2D eigenvalue weighted by atomic mass is 10.0. The molecule has 0 saturated carbocycles. The van der Waals surface area contributed by atoms with Crippen molar-refractivity contribution in [2.75, 3.05) is 19.7 Å². The van der Waals surface area contributed by atoms with Crippen LogP contribution in [-0.4, -0.2) is 24.7 Å². The molecule has 1 aromatic rings. The molecule has 0 aromatic carbocycles. The number of nitrogens with zero attached hydrogens (tertiary/aromatic N) is 1. The highest BCUT2D eigenvalue weighted by Gasteiger charge is 2.34. The molecule has 2 rings (SSSR count). The standard InChI is InChI=1S/C9H14N2O2/c1-7-8(12-6-11-7)9(2)5-10-3-4-13-9/h6,10H,3-5H2,1-2H3. The third-order valence-electron chi connectivity index (χ3n) is 2.39. The molecule has 4 heteroatoms. The van der Waals surface area contributed by atoms with Crippen LogP contribution in [0.2, 0.25) is 0 Å². The molecule has 1 fully saturated rings. The van der Waals surface area contributed by atoms with E-state index in [2.05, 4.69) is 10.3 Å². The van der Waals surface area contributed by atoms with Gasteiger partial charge in [-0.2, -0.15) is 0 Å². The van der Waals surface area contributed by atoms with Gasteiger partial charge in [0.25, 0.3) is 0 Å². The van der Waals surface area contributed by atoms with Gasteiger partial charge in [0.15, 0.2) is 12.2 Å². The Morgan fingerprint density at radius 2 is 2.46 bits per heavy atom. The van der Waals surface area contributed by atoms with E-state index in [0.717, 1.165) is 31.2 Å². The van der Waals surface area contributed by atoms with Crippen molar-refractivity contribution in [2.24, 2.45) is 0 Å². The summed E-state index contributed by atoms with van der Waals surface area (Å²) >= 11 is 0. The minimum Gasteiger partial charge on any atom is -0.445 e. The van der Waals surface area contributed by atoms with E-state index in [-0.39, 0.29) is 5.60 Å².